The molecule has 8 nitrogen and oxygen atoms in total. The predicted octanol–water partition coefficient (Wildman–Crippen LogP) is 3.69. The van der Waals surface area contributed by atoms with Crippen molar-refractivity contribution in [3.63, 3.8) is 0 Å². The summed E-state index contributed by atoms with van der Waals surface area (Å²) in [4.78, 5) is 26.0. The van der Waals surface area contributed by atoms with E-state index >= 15 is 0 Å². The summed E-state index contributed by atoms with van der Waals surface area (Å²) in [6, 6.07) is 12.3. The minimum absolute atomic E-state index is 0.0266. The highest BCUT2D eigenvalue weighted by molar-refractivity contribution is 7.92. The Morgan fingerprint density at radius 1 is 1.06 bits per heavy atom. The van der Waals surface area contributed by atoms with Gasteiger partial charge in [0.25, 0.3) is 15.9 Å². The van der Waals surface area contributed by atoms with Crippen LogP contribution in [0.15, 0.2) is 53.4 Å². The third-order valence-electron chi connectivity index (χ3n) is 4.37. The lowest BCUT2D eigenvalue weighted by Gasteiger charge is -2.20. The van der Waals surface area contributed by atoms with Crippen LogP contribution >= 0.6 is 0 Å². The second-order valence-corrected chi connectivity index (χ2v) is 9.96. The van der Waals surface area contributed by atoms with Crippen LogP contribution in [0.4, 0.5) is 5.69 Å². The number of sulfonamides is 1. The van der Waals surface area contributed by atoms with Gasteiger partial charge in [-0.25, -0.2) is 8.42 Å². The first kappa shape index (κ1) is 25.2. The summed E-state index contributed by atoms with van der Waals surface area (Å²) in [6.07, 6.45) is 0.628. The van der Waals surface area contributed by atoms with Crippen LogP contribution in [0.5, 0.6) is 5.75 Å². The smallest absolute Gasteiger partial charge is 0.306 e. The number of hydrogen-bond acceptors (Lipinski definition) is 6. The van der Waals surface area contributed by atoms with Gasteiger partial charge < -0.3 is 14.4 Å². The van der Waals surface area contributed by atoms with Crippen molar-refractivity contribution in [1.82, 2.24) is 4.90 Å². The number of nitrogens with zero attached hydrogens (tertiary/aromatic N) is 1. The fourth-order valence-electron chi connectivity index (χ4n) is 2.84. The summed E-state index contributed by atoms with van der Waals surface area (Å²) in [7, 11) is -0.754. The highest BCUT2D eigenvalue weighted by Gasteiger charge is 2.19. The quantitative estimate of drug-likeness (QED) is 0.570. The molecule has 9 heteroatoms. The fourth-order valence-corrected chi connectivity index (χ4v) is 3.95. The Kier molecular flexibility index (Phi) is 8.26. The molecule has 0 saturated carbocycles. The highest BCUT2D eigenvalue weighted by atomic mass is 32.2. The van der Waals surface area contributed by atoms with Crippen molar-refractivity contribution in [2.75, 3.05) is 25.4 Å². The first-order chi connectivity index (χ1) is 14.9. The average Bonchev–Trinajstić information content (AvgIpc) is 2.72. The number of carbonyl (C=O) groups excluding carboxylic acids is 2. The maximum Gasteiger partial charge on any atom is 0.306 e. The summed E-state index contributed by atoms with van der Waals surface area (Å²) >= 11 is 0. The van der Waals surface area contributed by atoms with E-state index in [4.69, 9.17) is 9.47 Å². The normalized spacial score (nSPS) is 11.5. The molecule has 0 bridgehead atoms. The highest BCUT2D eigenvalue weighted by Crippen LogP contribution is 2.20. The molecule has 0 radical (unpaired) electrons. The summed E-state index contributed by atoms with van der Waals surface area (Å²) in [6.45, 7) is 5.72. The zero-order valence-electron chi connectivity index (χ0n) is 19.0. The minimum atomic E-state index is -3.88. The largest absolute Gasteiger partial charge is 0.497 e. The Morgan fingerprint density at radius 2 is 1.72 bits per heavy atom. The van der Waals surface area contributed by atoms with E-state index in [0.29, 0.717) is 24.4 Å². The molecule has 0 aliphatic carbocycles. The van der Waals surface area contributed by atoms with Crippen LogP contribution in [-0.2, 0) is 19.6 Å². The second kappa shape index (κ2) is 10.5. The first-order valence-electron chi connectivity index (χ1n) is 10.2. The monoisotopic (exact) mass is 462 g/mol. The molecular formula is C23H30N2O6S. The lowest BCUT2D eigenvalue weighted by atomic mass is 10.2. The lowest BCUT2D eigenvalue weighted by Crippen LogP contribution is -2.29. The van der Waals surface area contributed by atoms with Crippen molar-refractivity contribution >= 4 is 27.6 Å². The summed E-state index contributed by atoms with van der Waals surface area (Å²) in [5, 5.41) is 0. The molecule has 0 spiro atoms. The van der Waals surface area contributed by atoms with Gasteiger partial charge in [0.2, 0.25) is 0 Å². The van der Waals surface area contributed by atoms with E-state index in [1.807, 2.05) is 0 Å². The van der Waals surface area contributed by atoms with Gasteiger partial charge in [0.05, 0.1) is 12.0 Å². The van der Waals surface area contributed by atoms with Crippen molar-refractivity contribution in [2.45, 2.75) is 44.1 Å². The molecule has 0 aliphatic heterocycles. The number of nitrogens with one attached hydrogen (secondary N) is 1. The number of ether oxygens (including phenoxy) is 2. The number of hydrogen-bond donors (Lipinski definition) is 1. The zero-order valence-corrected chi connectivity index (χ0v) is 19.9. The van der Waals surface area contributed by atoms with Crippen LogP contribution in [0.2, 0.25) is 0 Å². The molecule has 0 unspecified atom stereocenters. The van der Waals surface area contributed by atoms with Gasteiger partial charge in [-0.3, -0.25) is 14.3 Å². The standard InChI is InChI=1S/C23H30N2O6S/c1-23(2,3)31-21(26)10-7-15-25(4)22(27)17-8-6-9-20(16-17)32(28,29)24-18-11-13-19(30-5)14-12-18/h6,8-9,11-14,16,24H,7,10,15H2,1-5H3. The van der Waals surface area contributed by atoms with E-state index < -0.39 is 15.6 Å². The van der Waals surface area contributed by atoms with Gasteiger partial charge in [-0.1, -0.05) is 6.07 Å². The molecule has 1 N–H and O–H groups in total. The van der Waals surface area contributed by atoms with Gasteiger partial charge in [0.15, 0.2) is 0 Å². The Labute approximate surface area is 189 Å². The number of methoxy groups -OCH3 is 1. The lowest BCUT2D eigenvalue weighted by molar-refractivity contribution is -0.154. The van der Waals surface area contributed by atoms with Crippen LogP contribution in [0.3, 0.4) is 0 Å². The molecule has 174 valence electrons. The molecule has 2 aromatic rings. The Hall–Kier alpha value is -3.07. The Bertz CT molecular complexity index is 1040. The Morgan fingerprint density at radius 3 is 2.31 bits per heavy atom. The molecule has 0 aliphatic rings. The van der Waals surface area contributed by atoms with Crippen molar-refractivity contribution in [3.05, 3.63) is 54.1 Å². The molecule has 0 heterocycles. The minimum Gasteiger partial charge on any atom is -0.497 e. The third kappa shape index (κ3) is 7.56. The van der Waals surface area contributed by atoms with Gasteiger partial charge in [0.1, 0.15) is 11.4 Å². The number of amides is 1. The summed E-state index contributed by atoms with van der Waals surface area (Å²) in [5.74, 6) is -0.0537. The fraction of sp³-hybridized carbons (Fsp3) is 0.391. The van der Waals surface area contributed by atoms with E-state index in [2.05, 4.69) is 4.72 Å². The molecule has 0 fully saturated rings. The molecule has 2 aromatic carbocycles. The summed E-state index contributed by atoms with van der Waals surface area (Å²) < 4.78 is 38.3. The number of anilines is 1. The SMILES string of the molecule is COc1ccc(NS(=O)(=O)c2cccc(C(=O)N(C)CCCC(=O)OC(C)(C)C)c2)cc1. The van der Waals surface area contributed by atoms with Crippen LogP contribution < -0.4 is 9.46 Å². The molecule has 0 aromatic heterocycles. The van der Waals surface area contributed by atoms with E-state index in [9.17, 15) is 18.0 Å². The molecule has 2 rings (SSSR count). The maximum absolute atomic E-state index is 12.7. The molecule has 0 atom stereocenters. The second-order valence-electron chi connectivity index (χ2n) is 8.28. The predicted molar refractivity (Wildman–Crippen MR) is 122 cm³/mol. The topological polar surface area (TPSA) is 102 Å². The van der Waals surface area contributed by atoms with Crippen LogP contribution in [0, 0.1) is 0 Å². The van der Waals surface area contributed by atoms with Crippen molar-refractivity contribution < 1.29 is 27.5 Å². The van der Waals surface area contributed by atoms with Crippen molar-refractivity contribution in [2.24, 2.45) is 0 Å². The third-order valence-corrected chi connectivity index (χ3v) is 5.75. The molecular weight excluding hydrogens is 432 g/mol. The number of carbonyl (C=O) groups is 2. The zero-order chi connectivity index (χ0) is 23.9. The van der Waals surface area contributed by atoms with Crippen molar-refractivity contribution in [1.29, 1.82) is 0 Å². The van der Waals surface area contributed by atoms with Gasteiger partial charge in [-0.2, -0.15) is 0 Å². The maximum atomic E-state index is 12.7. The van der Waals surface area contributed by atoms with Crippen LogP contribution in [0.25, 0.3) is 0 Å². The average molecular weight is 463 g/mol. The first-order valence-corrected chi connectivity index (χ1v) is 11.6. The van der Waals surface area contributed by atoms with E-state index in [1.54, 1.807) is 58.2 Å². The van der Waals surface area contributed by atoms with E-state index in [-0.39, 0.29) is 28.8 Å². The van der Waals surface area contributed by atoms with E-state index in [1.165, 1.54) is 30.2 Å². The van der Waals surface area contributed by atoms with Crippen molar-refractivity contribution in [3.8, 4) is 5.75 Å². The molecule has 1 amide bonds. The number of benzene rings is 2. The number of esters is 1. The van der Waals surface area contributed by atoms with E-state index in [0.717, 1.165) is 0 Å². The van der Waals surface area contributed by atoms with Gasteiger partial charge in [-0.15, -0.1) is 0 Å². The molecule has 32 heavy (non-hydrogen) atoms. The van der Waals surface area contributed by atoms with Gasteiger partial charge in [-0.05, 0) is 69.7 Å². The van der Waals surface area contributed by atoms with Crippen LogP contribution in [-0.4, -0.2) is 51.5 Å². The van der Waals surface area contributed by atoms with Crippen LogP contribution in [0.1, 0.15) is 44.0 Å². The summed E-state index contributed by atoms with van der Waals surface area (Å²) in [5.41, 5.74) is 0.0640. The molecule has 0 saturated heterocycles. The Balaban J connectivity index is 2.02. The van der Waals surface area contributed by atoms with Gasteiger partial charge >= 0.3 is 5.97 Å². The van der Waals surface area contributed by atoms with Gasteiger partial charge in [0, 0.05) is 31.3 Å². The number of rotatable bonds is 9.